The van der Waals surface area contributed by atoms with E-state index in [1.165, 1.54) is 11.1 Å². The summed E-state index contributed by atoms with van der Waals surface area (Å²) < 4.78 is 0. The lowest BCUT2D eigenvalue weighted by Gasteiger charge is -2.06. The molecule has 3 heteroatoms. The summed E-state index contributed by atoms with van der Waals surface area (Å²) in [6.07, 6.45) is 1.29. The van der Waals surface area contributed by atoms with Crippen LogP contribution in [0.1, 0.15) is 28.7 Å². The molecular weight excluding hydrogens is 282 g/mol. The number of carbonyl (C=O) groups is 1. The second kappa shape index (κ2) is 7.84. The van der Waals surface area contributed by atoms with Gasteiger partial charge in [-0.1, -0.05) is 54.1 Å². The van der Waals surface area contributed by atoms with Gasteiger partial charge in [0.25, 0.3) is 0 Å². The quantitative estimate of drug-likeness (QED) is 0.803. The molecule has 0 saturated carbocycles. The van der Waals surface area contributed by atoms with Gasteiger partial charge in [-0.05, 0) is 30.0 Å². The Kier molecular flexibility index (Phi) is 5.82. The topological polar surface area (TPSA) is 29.1 Å². The Bertz CT molecular complexity index is 575. The van der Waals surface area contributed by atoms with Crippen LogP contribution >= 0.6 is 11.6 Å². The first-order chi connectivity index (χ1) is 10.2. The molecule has 0 heterocycles. The first-order valence-corrected chi connectivity index (χ1v) is 7.67. The van der Waals surface area contributed by atoms with E-state index in [-0.39, 0.29) is 5.91 Å². The average Bonchev–Trinajstić information content (AvgIpc) is 2.53. The zero-order chi connectivity index (χ0) is 15.1. The van der Waals surface area contributed by atoms with E-state index < -0.39 is 0 Å². The normalized spacial score (nSPS) is 10.4. The number of halogens is 1. The number of carbonyl (C=O) groups excluding carboxylic acids is 1. The molecule has 2 nitrogen and oxygen atoms in total. The van der Waals surface area contributed by atoms with Crippen molar-refractivity contribution in [3.8, 4) is 0 Å². The summed E-state index contributed by atoms with van der Waals surface area (Å²) in [5, 5.41) is 2.95. The van der Waals surface area contributed by atoms with Gasteiger partial charge in [0.2, 0.25) is 5.91 Å². The van der Waals surface area contributed by atoms with Gasteiger partial charge < -0.3 is 5.32 Å². The Morgan fingerprint density at radius 1 is 0.952 bits per heavy atom. The number of alkyl halides is 1. The Hall–Kier alpha value is -1.80. The van der Waals surface area contributed by atoms with Gasteiger partial charge >= 0.3 is 0 Å². The van der Waals surface area contributed by atoms with Crippen molar-refractivity contribution in [3.05, 3.63) is 70.8 Å². The number of nitrogens with one attached hydrogen (secondary N) is 1. The van der Waals surface area contributed by atoms with Gasteiger partial charge in [0, 0.05) is 18.8 Å². The van der Waals surface area contributed by atoms with Crippen molar-refractivity contribution < 1.29 is 4.79 Å². The third-order valence-corrected chi connectivity index (χ3v) is 3.74. The fourth-order valence-corrected chi connectivity index (χ4v) is 2.23. The predicted molar refractivity (Wildman–Crippen MR) is 87.3 cm³/mol. The second-order valence-electron chi connectivity index (χ2n) is 5.21. The number of amides is 1. The van der Waals surface area contributed by atoms with Gasteiger partial charge in [-0.2, -0.15) is 0 Å². The van der Waals surface area contributed by atoms with Crippen LogP contribution in [0.3, 0.4) is 0 Å². The van der Waals surface area contributed by atoms with Crippen LogP contribution in [0.2, 0.25) is 0 Å². The standard InChI is InChI=1S/C18H20ClNO/c1-14-2-4-15(5-3-14)10-11-18(21)20-13-17-8-6-16(12-19)7-9-17/h2-9H,10-13H2,1H3,(H,20,21). The van der Waals surface area contributed by atoms with Crippen LogP contribution in [0.25, 0.3) is 0 Å². The summed E-state index contributed by atoms with van der Waals surface area (Å²) in [5.74, 6) is 0.598. The second-order valence-corrected chi connectivity index (χ2v) is 5.48. The Balaban J connectivity index is 1.75. The first kappa shape index (κ1) is 15.6. The molecule has 0 saturated heterocycles. The van der Waals surface area contributed by atoms with E-state index in [4.69, 9.17) is 11.6 Å². The fourth-order valence-electron chi connectivity index (χ4n) is 2.05. The van der Waals surface area contributed by atoms with Crippen molar-refractivity contribution in [3.63, 3.8) is 0 Å². The zero-order valence-electron chi connectivity index (χ0n) is 12.2. The largest absolute Gasteiger partial charge is 0.352 e. The van der Waals surface area contributed by atoms with E-state index in [1.54, 1.807) is 0 Å². The highest BCUT2D eigenvalue weighted by Crippen LogP contribution is 2.08. The van der Waals surface area contributed by atoms with Crippen LogP contribution in [0, 0.1) is 6.92 Å². The van der Waals surface area contributed by atoms with E-state index in [9.17, 15) is 4.79 Å². The van der Waals surface area contributed by atoms with Gasteiger partial charge in [0.15, 0.2) is 0 Å². The molecule has 0 fully saturated rings. The lowest BCUT2D eigenvalue weighted by atomic mass is 10.1. The molecule has 0 aliphatic heterocycles. The van der Waals surface area contributed by atoms with Gasteiger partial charge in [-0.3, -0.25) is 4.79 Å². The predicted octanol–water partition coefficient (Wildman–Crippen LogP) is 3.98. The molecular formula is C18H20ClNO. The Labute approximate surface area is 131 Å². The van der Waals surface area contributed by atoms with Crippen LogP contribution in [-0.4, -0.2) is 5.91 Å². The van der Waals surface area contributed by atoms with Crippen LogP contribution in [0.5, 0.6) is 0 Å². The molecule has 0 aliphatic rings. The minimum atomic E-state index is 0.0806. The molecule has 2 aromatic rings. The fraction of sp³-hybridized carbons (Fsp3) is 0.278. The van der Waals surface area contributed by atoms with Crippen molar-refractivity contribution in [1.29, 1.82) is 0 Å². The average molecular weight is 302 g/mol. The SMILES string of the molecule is Cc1ccc(CCC(=O)NCc2ccc(CCl)cc2)cc1. The molecule has 0 bridgehead atoms. The van der Waals surface area contributed by atoms with Crippen molar-refractivity contribution >= 4 is 17.5 Å². The maximum atomic E-state index is 11.8. The Morgan fingerprint density at radius 2 is 1.52 bits per heavy atom. The van der Waals surface area contributed by atoms with Crippen LogP contribution in [0.4, 0.5) is 0 Å². The third-order valence-electron chi connectivity index (χ3n) is 3.43. The van der Waals surface area contributed by atoms with Crippen molar-refractivity contribution in [2.75, 3.05) is 0 Å². The first-order valence-electron chi connectivity index (χ1n) is 7.13. The summed E-state index contributed by atoms with van der Waals surface area (Å²) in [5.41, 5.74) is 4.62. The number of aryl methyl sites for hydroxylation is 2. The van der Waals surface area contributed by atoms with Gasteiger partial charge in [-0.25, -0.2) is 0 Å². The highest BCUT2D eigenvalue weighted by Gasteiger charge is 2.02. The summed E-state index contributed by atoms with van der Waals surface area (Å²) in [6, 6.07) is 16.3. The molecule has 0 unspecified atom stereocenters. The lowest BCUT2D eigenvalue weighted by molar-refractivity contribution is -0.121. The molecule has 2 aromatic carbocycles. The van der Waals surface area contributed by atoms with Crippen molar-refractivity contribution in [2.45, 2.75) is 32.2 Å². The van der Waals surface area contributed by atoms with Gasteiger partial charge in [0.05, 0.1) is 0 Å². The highest BCUT2D eigenvalue weighted by molar-refractivity contribution is 6.17. The summed E-state index contributed by atoms with van der Waals surface area (Å²) in [7, 11) is 0. The van der Waals surface area contributed by atoms with Crippen LogP contribution in [-0.2, 0) is 23.6 Å². The maximum absolute atomic E-state index is 11.8. The molecule has 1 amide bonds. The summed E-state index contributed by atoms with van der Waals surface area (Å²) >= 11 is 5.75. The Morgan fingerprint density at radius 3 is 2.14 bits per heavy atom. The van der Waals surface area contributed by atoms with Crippen LogP contribution < -0.4 is 5.32 Å². The molecule has 1 N–H and O–H groups in total. The summed E-state index contributed by atoms with van der Waals surface area (Å²) in [4.78, 5) is 11.8. The van der Waals surface area contributed by atoms with Crippen molar-refractivity contribution in [2.24, 2.45) is 0 Å². The molecule has 0 aliphatic carbocycles. The molecule has 0 spiro atoms. The smallest absolute Gasteiger partial charge is 0.220 e. The van der Waals surface area contributed by atoms with E-state index >= 15 is 0 Å². The monoisotopic (exact) mass is 301 g/mol. The van der Waals surface area contributed by atoms with E-state index in [0.29, 0.717) is 18.8 Å². The minimum Gasteiger partial charge on any atom is -0.352 e. The highest BCUT2D eigenvalue weighted by atomic mass is 35.5. The molecule has 110 valence electrons. The number of rotatable bonds is 6. The molecule has 0 aromatic heterocycles. The van der Waals surface area contributed by atoms with Gasteiger partial charge in [0.1, 0.15) is 0 Å². The number of hydrogen-bond donors (Lipinski definition) is 1. The maximum Gasteiger partial charge on any atom is 0.220 e. The van der Waals surface area contributed by atoms with Gasteiger partial charge in [-0.15, -0.1) is 11.6 Å². The molecule has 0 atom stereocenters. The molecule has 0 radical (unpaired) electrons. The van der Waals surface area contributed by atoms with E-state index in [0.717, 1.165) is 17.5 Å². The number of benzene rings is 2. The molecule has 21 heavy (non-hydrogen) atoms. The van der Waals surface area contributed by atoms with Crippen LogP contribution in [0.15, 0.2) is 48.5 Å². The van der Waals surface area contributed by atoms with Crippen molar-refractivity contribution in [1.82, 2.24) is 5.32 Å². The number of hydrogen-bond acceptors (Lipinski definition) is 1. The minimum absolute atomic E-state index is 0.0806. The van der Waals surface area contributed by atoms with E-state index in [2.05, 4.69) is 36.5 Å². The lowest BCUT2D eigenvalue weighted by Crippen LogP contribution is -2.22. The van der Waals surface area contributed by atoms with E-state index in [1.807, 2.05) is 24.3 Å². The summed E-state index contributed by atoms with van der Waals surface area (Å²) in [6.45, 7) is 2.63. The third kappa shape index (κ3) is 5.24. The molecule has 2 rings (SSSR count). The zero-order valence-corrected chi connectivity index (χ0v) is 13.0.